The molecule has 1 saturated carbocycles. The third kappa shape index (κ3) is 4.65. The standard InChI is InChI=1S/C19H25N3OS/c1-14-6-5-7-15(10-14)11-17-12-20-19(24-17)21-18(23)13-22(2)16-8-3-4-9-16/h5-7,10,12,16H,3-4,8-9,11,13H2,1-2H3,(H,20,21,23). The molecule has 1 aliphatic rings. The number of likely N-dealkylation sites (N-methyl/N-ethyl adjacent to an activating group) is 1. The minimum Gasteiger partial charge on any atom is -0.301 e. The van der Waals surface area contributed by atoms with E-state index < -0.39 is 0 Å². The molecule has 4 nitrogen and oxygen atoms in total. The van der Waals surface area contributed by atoms with Crippen molar-refractivity contribution < 1.29 is 4.79 Å². The second-order valence-corrected chi connectivity index (χ2v) is 7.81. The molecule has 3 rings (SSSR count). The van der Waals surface area contributed by atoms with Crippen molar-refractivity contribution in [3.8, 4) is 0 Å². The molecule has 1 amide bonds. The SMILES string of the molecule is Cc1cccc(Cc2cnc(NC(=O)CN(C)C3CCCC3)s2)c1. The first-order chi connectivity index (χ1) is 11.6. The molecule has 5 heteroatoms. The van der Waals surface area contributed by atoms with Gasteiger partial charge in [-0.15, -0.1) is 11.3 Å². The minimum absolute atomic E-state index is 0.0286. The summed E-state index contributed by atoms with van der Waals surface area (Å²) in [4.78, 5) is 19.9. The van der Waals surface area contributed by atoms with Crippen molar-refractivity contribution in [2.24, 2.45) is 0 Å². The van der Waals surface area contributed by atoms with Crippen LogP contribution >= 0.6 is 11.3 Å². The van der Waals surface area contributed by atoms with Gasteiger partial charge < -0.3 is 5.32 Å². The number of hydrogen-bond acceptors (Lipinski definition) is 4. The number of benzene rings is 1. The molecular weight excluding hydrogens is 318 g/mol. The van der Waals surface area contributed by atoms with E-state index in [4.69, 9.17) is 0 Å². The maximum atomic E-state index is 12.2. The smallest absolute Gasteiger partial charge is 0.240 e. The van der Waals surface area contributed by atoms with Crippen LogP contribution in [-0.2, 0) is 11.2 Å². The molecule has 128 valence electrons. The number of hydrogen-bond donors (Lipinski definition) is 1. The Balaban J connectivity index is 1.52. The number of anilines is 1. The Kier molecular flexibility index (Phi) is 5.63. The third-order valence-electron chi connectivity index (χ3n) is 4.60. The summed E-state index contributed by atoms with van der Waals surface area (Å²) in [5.74, 6) is 0.0286. The van der Waals surface area contributed by atoms with Gasteiger partial charge in [-0.1, -0.05) is 42.7 Å². The van der Waals surface area contributed by atoms with Crippen molar-refractivity contribution in [1.82, 2.24) is 9.88 Å². The molecule has 1 fully saturated rings. The lowest BCUT2D eigenvalue weighted by Crippen LogP contribution is -2.36. The summed E-state index contributed by atoms with van der Waals surface area (Å²) < 4.78 is 0. The molecule has 0 atom stereocenters. The normalized spacial score (nSPS) is 15.1. The van der Waals surface area contributed by atoms with Crippen LogP contribution in [0.5, 0.6) is 0 Å². The van der Waals surface area contributed by atoms with Gasteiger partial charge in [-0.2, -0.15) is 0 Å². The van der Waals surface area contributed by atoms with Gasteiger partial charge in [0.25, 0.3) is 0 Å². The first-order valence-corrected chi connectivity index (χ1v) is 9.42. The summed E-state index contributed by atoms with van der Waals surface area (Å²) >= 11 is 1.56. The topological polar surface area (TPSA) is 45.2 Å². The van der Waals surface area contributed by atoms with Crippen molar-refractivity contribution >= 4 is 22.4 Å². The molecule has 1 heterocycles. The van der Waals surface area contributed by atoms with Gasteiger partial charge in [-0.25, -0.2) is 4.98 Å². The van der Waals surface area contributed by atoms with E-state index in [1.54, 1.807) is 11.3 Å². The average molecular weight is 343 g/mol. The van der Waals surface area contributed by atoms with Gasteiger partial charge in [-0.3, -0.25) is 9.69 Å². The predicted octanol–water partition coefficient (Wildman–Crippen LogP) is 3.86. The first kappa shape index (κ1) is 17.1. The van der Waals surface area contributed by atoms with Crippen LogP contribution in [0.3, 0.4) is 0 Å². The molecule has 24 heavy (non-hydrogen) atoms. The highest BCUT2D eigenvalue weighted by molar-refractivity contribution is 7.15. The molecule has 1 aromatic heterocycles. The number of aromatic nitrogens is 1. The molecule has 0 unspecified atom stereocenters. The highest BCUT2D eigenvalue weighted by Gasteiger charge is 2.21. The summed E-state index contributed by atoms with van der Waals surface area (Å²) in [5, 5.41) is 3.64. The zero-order valence-corrected chi connectivity index (χ0v) is 15.2. The lowest BCUT2D eigenvalue weighted by Gasteiger charge is -2.22. The van der Waals surface area contributed by atoms with Crippen LogP contribution in [0.2, 0.25) is 0 Å². The second-order valence-electron chi connectivity index (χ2n) is 6.70. The van der Waals surface area contributed by atoms with Gasteiger partial charge in [-0.05, 0) is 32.4 Å². The third-order valence-corrected chi connectivity index (χ3v) is 5.51. The maximum absolute atomic E-state index is 12.2. The number of nitrogens with one attached hydrogen (secondary N) is 1. The van der Waals surface area contributed by atoms with E-state index in [2.05, 4.69) is 46.4 Å². The van der Waals surface area contributed by atoms with Gasteiger partial charge in [0.15, 0.2) is 5.13 Å². The summed E-state index contributed by atoms with van der Waals surface area (Å²) in [7, 11) is 2.04. The van der Waals surface area contributed by atoms with E-state index in [0.29, 0.717) is 17.7 Å². The molecule has 1 aliphatic carbocycles. The predicted molar refractivity (Wildman–Crippen MR) is 99.6 cm³/mol. The Bertz CT molecular complexity index is 691. The van der Waals surface area contributed by atoms with E-state index in [1.807, 2.05) is 13.2 Å². The van der Waals surface area contributed by atoms with Gasteiger partial charge >= 0.3 is 0 Å². The number of aryl methyl sites for hydroxylation is 1. The molecule has 1 aromatic carbocycles. The molecule has 2 aromatic rings. The van der Waals surface area contributed by atoms with Crippen molar-refractivity contribution in [2.45, 2.75) is 45.1 Å². The van der Waals surface area contributed by atoms with Crippen molar-refractivity contribution in [3.05, 3.63) is 46.5 Å². The Labute approximate surface area is 147 Å². The van der Waals surface area contributed by atoms with Crippen LogP contribution in [0.15, 0.2) is 30.5 Å². The van der Waals surface area contributed by atoms with Gasteiger partial charge in [0.1, 0.15) is 0 Å². The zero-order chi connectivity index (χ0) is 16.9. The molecule has 0 aliphatic heterocycles. The Morgan fingerprint density at radius 1 is 1.38 bits per heavy atom. The molecule has 0 radical (unpaired) electrons. The average Bonchev–Trinajstić information content (AvgIpc) is 3.19. The summed E-state index contributed by atoms with van der Waals surface area (Å²) in [6.07, 6.45) is 7.71. The van der Waals surface area contributed by atoms with Gasteiger partial charge in [0, 0.05) is 23.5 Å². The lowest BCUT2D eigenvalue weighted by atomic mass is 10.1. The van der Waals surface area contributed by atoms with E-state index in [1.165, 1.54) is 41.7 Å². The lowest BCUT2D eigenvalue weighted by molar-refractivity contribution is -0.117. The van der Waals surface area contributed by atoms with Crippen LogP contribution in [0.25, 0.3) is 0 Å². The van der Waals surface area contributed by atoms with E-state index in [-0.39, 0.29) is 5.91 Å². The van der Waals surface area contributed by atoms with Crippen molar-refractivity contribution in [3.63, 3.8) is 0 Å². The second kappa shape index (κ2) is 7.90. The Morgan fingerprint density at radius 3 is 2.92 bits per heavy atom. The fourth-order valence-corrected chi connectivity index (χ4v) is 4.19. The van der Waals surface area contributed by atoms with Crippen molar-refractivity contribution in [2.75, 3.05) is 18.9 Å². The summed E-state index contributed by atoms with van der Waals surface area (Å²) in [5.41, 5.74) is 2.54. The number of amides is 1. The molecular formula is C19H25N3OS. The molecule has 0 bridgehead atoms. The van der Waals surface area contributed by atoms with Crippen LogP contribution < -0.4 is 5.32 Å². The fourth-order valence-electron chi connectivity index (χ4n) is 3.33. The van der Waals surface area contributed by atoms with Crippen LogP contribution in [0.4, 0.5) is 5.13 Å². The quantitative estimate of drug-likeness (QED) is 0.866. The van der Waals surface area contributed by atoms with E-state index in [0.717, 1.165) is 6.42 Å². The Morgan fingerprint density at radius 2 is 2.17 bits per heavy atom. The largest absolute Gasteiger partial charge is 0.301 e. The first-order valence-electron chi connectivity index (χ1n) is 8.60. The maximum Gasteiger partial charge on any atom is 0.240 e. The number of nitrogens with zero attached hydrogens (tertiary/aromatic N) is 2. The molecule has 1 N–H and O–H groups in total. The monoisotopic (exact) mass is 343 g/mol. The molecule has 0 saturated heterocycles. The van der Waals surface area contributed by atoms with E-state index in [9.17, 15) is 4.79 Å². The van der Waals surface area contributed by atoms with Crippen LogP contribution in [-0.4, -0.2) is 35.4 Å². The number of carbonyl (C=O) groups is 1. The highest BCUT2D eigenvalue weighted by Crippen LogP contribution is 2.23. The number of carbonyl (C=O) groups excluding carboxylic acids is 1. The minimum atomic E-state index is 0.0286. The summed E-state index contributed by atoms with van der Waals surface area (Å²) in [6.45, 7) is 2.54. The van der Waals surface area contributed by atoms with Crippen molar-refractivity contribution in [1.29, 1.82) is 0 Å². The number of rotatable bonds is 6. The zero-order valence-electron chi connectivity index (χ0n) is 14.4. The van der Waals surface area contributed by atoms with E-state index >= 15 is 0 Å². The molecule has 0 spiro atoms. The number of thiazole rings is 1. The summed E-state index contributed by atoms with van der Waals surface area (Å²) in [6, 6.07) is 9.05. The highest BCUT2D eigenvalue weighted by atomic mass is 32.1. The van der Waals surface area contributed by atoms with Gasteiger partial charge in [0.2, 0.25) is 5.91 Å². The van der Waals surface area contributed by atoms with Gasteiger partial charge in [0.05, 0.1) is 6.54 Å². The van der Waals surface area contributed by atoms with Crippen LogP contribution in [0.1, 0.15) is 41.7 Å². The van der Waals surface area contributed by atoms with Crippen LogP contribution in [0, 0.1) is 6.92 Å². The fraction of sp³-hybridized carbons (Fsp3) is 0.474. The Hall–Kier alpha value is -1.72.